The number of imidazole rings is 1. The van der Waals surface area contributed by atoms with Gasteiger partial charge in [0.05, 0.1) is 6.20 Å². The van der Waals surface area contributed by atoms with Gasteiger partial charge in [0.1, 0.15) is 12.2 Å². The Hall–Kier alpha value is -1.95. The van der Waals surface area contributed by atoms with Crippen molar-refractivity contribution < 1.29 is 9.47 Å². The van der Waals surface area contributed by atoms with Gasteiger partial charge in [0.2, 0.25) is 5.82 Å². The first-order valence-electron chi connectivity index (χ1n) is 9.00. The van der Waals surface area contributed by atoms with Gasteiger partial charge in [0.25, 0.3) is 0 Å². The predicted molar refractivity (Wildman–Crippen MR) is 103 cm³/mol. The van der Waals surface area contributed by atoms with E-state index >= 15 is 0 Å². The molecule has 0 saturated carbocycles. The maximum absolute atomic E-state index is 13.1. The molecule has 0 spiro atoms. The van der Waals surface area contributed by atoms with Crippen LogP contribution in [0.3, 0.4) is 0 Å². The molecule has 0 N–H and O–H groups in total. The Balaban J connectivity index is 1.94. The van der Waals surface area contributed by atoms with Crippen LogP contribution in [0.2, 0.25) is 25.7 Å². The molecule has 2 aromatic rings. The standard InChI is InChI=1S/C18H26N4O3Si/c1-5-16-19-12-15-17(20-16)22(14-6-8-24-9-7-14)18(23)21(15)13-25-10-11-26(2,3)4/h1,12,14H,6-11,13H2,2-4H3. The number of rotatable bonds is 6. The molecule has 0 radical (unpaired) electrons. The van der Waals surface area contributed by atoms with Crippen molar-refractivity contribution in [2.45, 2.75) is 51.3 Å². The zero-order valence-corrected chi connectivity index (χ0v) is 16.7. The minimum atomic E-state index is -1.17. The molecule has 0 amide bonds. The van der Waals surface area contributed by atoms with Gasteiger partial charge in [-0.25, -0.2) is 14.8 Å². The second kappa shape index (κ2) is 7.74. The summed E-state index contributed by atoms with van der Waals surface area (Å²) in [6.45, 7) is 9.04. The van der Waals surface area contributed by atoms with Gasteiger partial charge in [-0.1, -0.05) is 19.6 Å². The first kappa shape index (κ1) is 18.8. The highest BCUT2D eigenvalue weighted by Gasteiger charge is 2.24. The Morgan fingerprint density at radius 1 is 1.38 bits per heavy atom. The first-order chi connectivity index (χ1) is 12.4. The van der Waals surface area contributed by atoms with E-state index in [-0.39, 0.29) is 24.3 Å². The highest BCUT2D eigenvalue weighted by atomic mass is 28.3. The van der Waals surface area contributed by atoms with Crippen molar-refractivity contribution in [2.24, 2.45) is 0 Å². The van der Waals surface area contributed by atoms with Crippen LogP contribution in [0.4, 0.5) is 0 Å². The second-order valence-electron chi connectivity index (χ2n) is 7.82. The molecule has 8 heteroatoms. The maximum atomic E-state index is 13.1. The normalized spacial score (nSPS) is 16.1. The average molecular weight is 375 g/mol. The third-order valence-corrected chi connectivity index (χ3v) is 6.31. The minimum absolute atomic E-state index is 0.0579. The van der Waals surface area contributed by atoms with E-state index in [0.29, 0.717) is 31.0 Å². The highest BCUT2D eigenvalue weighted by molar-refractivity contribution is 6.76. The van der Waals surface area contributed by atoms with Gasteiger partial charge in [0, 0.05) is 33.9 Å². The van der Waals surface area contributed by atoms with Gasteiger partial charge < -0.3 is 9.47 Å². The molecule has 1 aliphatic heterocycles. The molecule has 2 aromatic heterocycles. The molecule has 0 bridgehead atoms. The topological polar surface area (TPSA) is 71.2 Å². The van der Waals surface area contributed by atoms with Crippen LogP contribution in [-0.4, -0.2) is 47.0 Å². The maximum Gasteiger partial charge on any atom is 0.332 e. The lowest BCUT2D eigenvalue weighted by atomic mass is 10.1. The fraction of sp³-hybridized carbons (Fsp3) is 0.611. The van der Waals surface area contributed by atoms with Crippen LogP contribution in [0, 0.1) is 12.3 Å². The molecular weight excluding hydrogens is 348 g/mol. The number of terminal acetylenes is 1. The Labute approximate surface area is 154 Å². The summed E-state index contributed by atoms with van der Waals surface area (Å²) in [5.74, 6) is 2.74. The molecule has 1 fully saturated rings. The summed E-state index contributed by atoms with van der Waals surface area (Å²) in [6, 6.07) is 1.11. The van der Waals surface area contributed by atoms with Crippen LogP contribution >= 0.6 is 0 Å². The van der Waals surface area contributed by atoms with Gasteiger partial charge in [-0.2, -0.15) is 0 Å². The molecule has 26 heavy (non-hydrogen) atoms. The van der Waals surface area contributed by atoms with E-state index in [9.17, 15) is 4.79 Å². The number of hydrogen-bond donors (Lipinski definition) is 0. The third-order valence-electron chi connectivity index (χ3n) is 4.61. The van der Waals surface area contributed by atoms with Crippen LogP contribution in [-0.2, 0) is 16.2 Å². The molecular formula is C18H26N4O3Si. The number of fused-ring (bicyclic) bond motifs is 1. The molecule has 7 nitrogen and oxygen atoms in total. The van der Waals surface area contributed by atoms with Crippen molar-refractivity contribution in [2.75, 3.05) is 19.8 Å². The average Bonchev–Trinajstić information content (AvgIpc) is 2.89. The van der Waals surface area contributed by atoms with E-state index in [1.807, 2.05) is 0 Å². The lowest BCUT2D eigenvalue weighted by Crippen LogP contribution is -2.31. The smallest absolute Gasteiger partial charge is 0.332 e. The molecule has 0 atom stereocenters. The minimum Gasteiger partial charge on any atom is -0.381 e. The Morgan fingerprint density at radius 2 is 2.12 bits per heavy atom. The van der Waals surface area contributed by atoms with E-state index in [1.54, 1.807) is 15.3 Å². The summed E-state index contributed by atoms with van der Waals surface area (Å²) in [6.07, 6.45) is 8.63. The van der Waals surface area contributed by atoms with Crippen molar-refractivity contribution in [3.63, 3.8) is 0 Å². The van der Waals surface area contributed by atoms with E-state index < -0.39 is 8.07 Å². The summed E-state index contributed by atoms with van der Waals surface area (Å²) in [5, 5.41) is 0. The number of ether oxygens (including phenoxy) is 2. The summed E-state index contributed by atoms with van der Waals surface area (Å²) in [5.41, 5.74) is 1.12. The number of hydrogen-bond acceptors (Lipinski definition) is 5. The van der Waals surface area contributed by atoms with Gasteiger partial charge in [0.15, 0.2) is 5.65 Å². The molecule has 0 aromatic carbocycles. The molecule has 1 aliphatic rings. The number of nitrogens with zero attached hydrogens (tertiary/aromatic N) is 4. The van der Waals surface area contributed by atoms with E-state index in [0.717, 1.165) is 18.9 Å². The number of aromatic nitrogens is 4. The highest BCUT2D eigenvalue weighted by Crippen LogP contribution is 2.23. The Kier molecular flexibility index (Phi) is 5.60. The van der Waals surface area contributed by atoms with Crippen LogP contribution < -0.4 is 5.69 Å². The van der Waals surface area contributed by atoms with Crippen molar-refractivity contribution >= 4 is 19.2 Å². The monoisotopic (exact) mass is 374 g/mol. The first-order valence-corrected chi connectivity index (χ1v) is 12.7. The van der Waals surface area contributed by atoms with E-state index in [2.05, 4.69) is 35.5 Å². The lowest BCUT2D eigenvalue weighted by molar-refractivity contribution is 0.0669. The van der Waals surface area contributed by atoms with Crippen LogP contribution in [0.25, 0.3) is 11.2 Å². The summed E-state index contributed by atoms with van der Waals surface area (Å²) < 4.78 is 14.6. The van der Waals surface area contributed by atoms with Gasteiger partial charge in [-0.05, 0) is 24.8 Å². The quantitative estimate of drug-likeness (QED) is 0.440. The molecule has 0 aliphatic carbocycles. The van der Waals surface area contributed by atoms with Crippen molar-refractivity contribution in [3.8, 4) is 12.3 Å². The second-order valence-corrected chi connectivity index (χ2v) is 13.4. The van der Waals surface area contributed by atoms with Gasteiger partial charge >= 0.3 is 5.69 Å². The van der Waals surface area contributed by atoms with Crippen LogP contribution in [0.5, 0.6) is 0 Å². The summed E-state index contributed by atoms with van der Waals surface area (Å²) in [7, 11) is -1.17. The predicted octanol–water partition coefficient (Wildman–Crippen LogP) is 2.24. The zero-order valence-electron chi connectivity index (χ0n) is 15.7. The summed E-state index contributed by atoms with van der Waals surface area (Å²) >= 11 is 0. The zero-order chi connectivity index (χ0) is 18.7. The molecule has 1 saturated heterocycles. The van der Waals surface area contributed by atoms with E-state index in [1.165, 1.54) is 0 Å². The van der Waals surface area contributed by atoms with Crippen molar-refractivity contribution in [3.05, 3.63) is 22.5 Å². The lowest BCUT2D eigenvalue weighted by Gasteiger charge is -2.22. The largest absolute Gasteiger partial charge is 0.381 e. The summed E-state index contributed by atoms with van der Waals surface area (Å²) in [4.78, 5) is 21.7. The molecule has 3 rings (SSSR count). The van der Waals surface area contributed by atoms with E-state index in [4.69, 9.17) is 15.9 Å². The van der Waals surface area contributed by atoms with Gasteiger partial charge in [-0.3, -0.25) is 9.13 Å². The van der Waals surface area contributed by atoms with Gasteiger partial charge in [-0.15, -0.1) is 6.42 Å². The Morgan fingerprint density at radius 3 is 2.77 bits per heavy atom. The molecule has 140 valence electrons. The third kappa shape index (κ3) is 4.06. The molecule has 3 heterocycles. The van der Waals surface area contributed by atoms with Crippen molar-refractivity contribution in [1.29, 1.82) is 0 Å². The fourth-order valence-electron chi connectivity index (χ4n) is 3.06. The van der Waals surface area contributed by atoms with Crippen LogP contribution in [0.1, 0.15) is 24.7 Å². The van der Waals surface area contributed by atoms with Crippen LogP contribution in [0.15, 0.2) is 11.0 Å². The van der Waals surface area contributed by atoms with Crippen molar-refractivity contribution in [1.82, 2.24) is 19.1 Å². The fourth-order valence-corrected chi connectivity index (χ4v) is 3.82. The molecule has 0 unspecified atom stereocenters. The SMILES string of the molecule is C#Cc1ncc2c(n1)n(C1CCOCC1)c(=O)n2COCC[Si](C)(C)C. The Bertz CT molecular complexity index is 869.